The second-order valence-electron chi connectivity index (χ2n) is 6.06. The summed E-state index contributed by atoms with van der Waals surface area (Å²) in [5.41, 5.74) is 0.376. The van der Waals surface area contributed by atoms with Gasteiger partial charge in [-0.15, -0.1) is 0 Å². The van der Waals surface area contributed by atoms with Crippen LogP contribution in [0.3, 0.4) is 0 Å². The second kappa shape index (κ2) is 8.89. The van der Waals surface area contributed by atoms with E-state index < -0.39 is 25.5 Å². The highest BCUT2D eigenvalue weighted by Crippen LogP contribution is 2.32. The van der Waals surface area contributed by atoms with Crippen molar-refractivity contribution in [1.29, 1.82) is 0 Å². The summed E-state index contributed by atoms with van der Waals surface area (Å²) in [6.07, 6.45) is 0. The molecular formula is C19H15ClN4O5S. The Balaban J connectivity index is 1.95. The molecule has 0 aliphatic rings. The third-order valence-corrected chi connectivity index (χ3v) is 5.65. The average molecular weight is 447 g/mol. The summed E-state index contributed by atoms with van der Waals surface area (Å²) in [4.78, 5) is 10.0. The first kappa shape index (κ1) is 21.2. The number of benzene rings is 3. The van der Waals surface area contributed by atoms with Gasteiger partial charge in [0.05, 0.1) is 22.2 Å². The predicted molar refractivity (Wildman–Crippen MR) is 112 cm³/mol. The first-order valence-corrected chi connectivity index (χ1v) is 10.3. The lowest BCUT2D eigenvalue weighted by Gasteiger charge is -2.11. The van der Waals surface area contributed by atoms with Crippen LogP contribution >= 0.6 is 11.6 Å². The number of phenolic OH excluding ortho intramolecular Hbond substituents is 1. The molecule has 2 N–H and O–H groups in total. The number of hydrogen-bond donors (Lipinski definition) is 2. The Labute approximate surface area is 176 Å². The van der Waals surface area contributed by atoms with Gasteiger partial charge in [0.15, 0.2) is 0 Å². The van der Waals surface area contributed by atoms with Gasteiger partial charge < -0.3 is 5.11 Å². The standard InChI is InChI=1S/C19H15ClN4O5S/c20-16-3-1-2-4-17(16)23-30(28,29)19-11-14(24(26)27)7-10-18(19)22-21-12-13-5-8-15(25)9-6-13/h1-11,23,25H,12H2. The van der Waals surface area contributed by atoms with E-state index in [2.05, 4.69) is 15.0 Å². The van der Waals surface area contributed by atoms with E-state index in [1.54, 1.807) is 24.3 Å². The van der Waals surface area contributed by atoms with Gasteiger partial charge in [0, 0.05) is 12.1 Å². The quantitative estimate of drug-likeness (QED) is 0.298. The van der Waals surface area contributed by atoms with Crippen molar-refractivity contribution >= 4 is 38.7 Å². The molecule has 0 bridgehead atoms. The predicted octanol–water partition coefficient (Wildman–Crippen LogP) is 5.04. The maximum atomic E-state index is 12.9. The summed E-state index contributed by atoms with van der Waals surface area (Å²) in [5.74, 6) is 0.102. The molecule has 0 aromatic heterocycles. The number of para-hydroxylation sites is 1. The fourth-order valence-corrected chi connectivity index (χ4v) is 3.93. The van der Waals surface area contributed by atoms with Crippen LogP contribution in [-0.2, 0) is 16.6 Å². The Morgan fingerprint density at radius 3 is 2.43 bits per heavy atom. The topological polar surface area (TPSA) is 134 Å². The molecule has 0 radical (unpaired) electrons. The minimum absolute atomic E-state index is 0.0704. The number of anilines is 1. The summed E-state index contributed by atoms with van der Waals surface area (Å²) in [7, 11) is -4.25. The molecule has 0 aliphatic heterocycles. The molecule has 3 aromatic rings. The van der Waals surface area contributed by atoms with Crippen molar-refractivity contribution in [3.63, 3.8) is 0 Å². The number of azo groups is 1. The molecule has 9 nitrogen and oxygen atoms in total. The number of nitrogens with zero attached hydrogens (tertiary/aromatic N) is 3. The van der Waals surface area contributed by atoms with Crippen molar-refractivity contribution in [2.24, 2.45) is 10.2 Å². The molecule has 30 heavy (non-hydrogen) atoms. The van der Waals surface area contributed by atoms with Crippen LogP contribution < -0.4 is 4.72 Å². The van der Waals surface area contributed by atoms with Gasteiger partial charge in [0.1, 0.15) is 16.3 Å². The largest absolute Gasteiger partial charge is 0.508 e. The minimum atomic E-state index is -4.25. The summed E-state index contributed by atoms with van der Waals surface area (Å²) in [5, 5.41) is 28.5. The Morgan fingerprint density at radius 1 is 1.07 bits per heavy atom. The number of rotatable bonds is 7. The van der Waals surface area contributed by atoms with Gasteiger partial charge in [-0.3, -0.25) is 14.8 Å². The number of nitro benzene ring substituents is 1. The van der Waals surface area contributed by atoms with Gasteiger partial charge in [-0.25, -0.2) is 8.42 Å². The summed E-state index contributed by atoms with van der Waals surface area (Å²) in [6, 6.07) is 15.7. The molecule has 0 atom stereocenters. The van der Waals surface area contributed by atoms with Crippen molar-refractivity contribution < 1.29 is 18.4 Å². The van der Waals surface area contributed by atoms with Crippen molar-refractivity contribution in [1.82, 2.24) is 0 Å². The fourth-order valence-electron chi connectivity index (χ4n) is 2.45. The lowest BCUT2D eigenvalue weighted by molar-refractivity contribution is -0.385. The molecule has 3 rings (SSSR count). The van der Waals surface area contributed by atoms with E-state index >= 15 is 0 Å². The minimum Gasteiger partial charge on any atom is -0.508 e. The van der Waals surface area contributed by atoms with Crippen molar-refractivity contribution in [2.75, 3.05) is 4.72 Å². The molecule has 0 saturated heterocycles. The van der Waals surface area contributed by atoms with Crippen LogP contribution in [0.25, 0.3) is 0 Å². The van der Waals surface area contributed by atoms with E-state index in [0.29, 0.717) is 0 Å². The highest BCUT2D eigenvalue weighted by Gasteiger charge is 2.23. The first-order valence-electron chi connectivity index (χ1n) is 8.47. The zero-order chi connectivity index (χ0) is 21.7. The van der Waals surface area contributed by atoms with E-state index in [4.69, 9.17) is 11.6 Å². The number of sulfonamides is 1. The van der Waals surface area contributed by atoms with Crippen LogP contribution in [0.5, 0.6) is 5.75 Å². The monoisotopic (exact) mass is 446 g/mol. The highest BCUT2D eigenvalue weighted by molar-refractivity contribution is 7.92. The molecule has 0 spiro atoms. The molecule has 0 fully saturated rings. The molecule has 3 aromatic carbocycles. The normalized spacial score (nSPS) is 11.5. The number of nitro groups is 1. The van der Waals surface area contributed by atoms with Crippen molar-refractivity contribution in [3.8, 4) is 5.75 Å². The first-order chi connectivity index (χ1) is 14.3. The number of nitrogens with one attached hydrogen (secondary N) is 1. The van der Waals surface area contributed by atoms with Crippen LogP contribution in [0.15, 0.2) is 81.9 Å². The van der Waals surface area contributed by atoms with E-state index in [9.17, 15) is 23.6 Å². The van der Waals surface area contributed by atoms with E-state index in [1.165, 1.54) is 30.3 Å². The second-order valence-corrected chi connectivity index (χ2v) is 8.12. The van der Waals surface area contributed by atoms with Crippen LogP contribution in [0, 0.1) is 10.1 Å². The Hall–Kier alpha value is -3.50. The number of phenols is 1. The molecule has 154 valence electrons. The molecule has 0 unspecified atom stereocenters. The Kier molecular flexibility index (Phi) is 6.28. The number of halogens is 1. The third kappa shape index (κ3) is 5.10. The van der Waals surface area contributed by atoms with Gasteiger partial charge in [0.25, 0.3) is 15.7 Å². The van der Waals surface area contributed by atoms with E-state index in [-0.39, 0.29) is 28.7 Å². The fraction of sp³-hybridized carbons (Fsp3) is 0.0526. The molecule has 0 heterocycles. The molecule has 0 saturated carbocycles. The zero-order valence-electron chi connectivity index (χ0n) is 15.3. The van der Waals surface area contributed by atoms with Gasteiger partial charge in [-0.05, 0) is 35.9 Å². The lowest BCUT2D eigenvalue weighted by atomic mass is 10.2. The summed E-state index contributed by atoms with van der Waals surface area (Å²) < 4.78 is 28.1. The number of hydrogen-bond acceptors (Lipinski definition) is 7. The molecule has 11 heteroatoms. The van der Waals surface area contributed by atoms with Crippen LogP contribution in [-0.4, -0.2) is 18.4 Å². The summed E-state index contributed by atoms with van der Waals surface area (Å²) >= 11 is 6.01. The molecule has 0 aliphatic carbocycles. The highest BCUT2D eigenvalue weighted by atomic mass is 35.5. The van der Waals surface area contributed by atoms with E-state index in [0.717, 1.165) is 17.7 Å². The smallest absolute Gasteiger partial charge is 0.270 e. The Bertz CT molecular complexity index is 1210. The maximum Gasteiger partial charge on any atom is 0.270 e. The van der Waals surface area contributed by atoms with Gasteiger partial charge in [-0.2, -0.15) is 10.2 Å². The molecule has 0 amide bonds. The average Bonchev–Trinajstić information content (AvgIpc) is 2.71. The van der Waals surface area contributed by atoms with Crippen LogP contribution in [0.2, 0.25) is 5.02 Å². The SMILES string of the molecule is O=[N+]([O-])c1ccc(N=NCc2ccc(O)cc2)c(S(=O)(=O)Nc2ccccc2Cl)c1. The van der Waals surface area contributed by atoms with Crippen LogP contribution in [0.4, 0.5) is 17.1 Å². The van der Waals surface area contributed by atoms with Crippen molar-refractivity contribution in [3.05, 3.63) is 87.4 Å². The zero-order valence-corrected chi connectivity index (χ0v) is 16.8. The lowest BCUT2D eigenvalue weighted by Crippen LogP contribution is -2.13. The van der Waals surface area contributed by atoms with E-state index in [1.807, 2.05) is 0 Å². The summed E-state index contributed by atoms with van der Waals surface area (Å²) in [6.45, 7) is 0.120. The van der Waals surface area contributed by atoms with Crippen molar-refractivity contribution in [2.45, 2.75) is 11.4 Å². The number of non-ortho nitro benzene ring substituents is 1. The third-order valence-electron chi connectivity index (χ3n) is 3.93. The van der Waals surface area contributed by atoms with Gasteiger partial charge in [0.2, 0.25) is 0 Å². The molecular weight excluding hydrogens is 432 g/mol. The van der Waals surface area contributed by atoms with Gasteiger partial charge >= 0.3 is 0 Å². The van der Waals surface area contributed by atoms with Crippen LogP contribution in [0.1, 0.15) is 5.56 Å². The maximum absolute atomic E-state index is 12.9. The van der Waals surface area contributed by atoms with Gasteiger partial charge in [-0.1, -0.05) is 35.9 Å². The Morgan fingerprint density at radius 2 is 1.77 bits per heavy atom. The number of aromatic hydroxyl groups is 1.